The molecule has 1 aliphatic rings. The van der Waals surface area contributed by atoms with Gasteiger partial charge < -0.3 is 5.32 Å². The number of halogens is 1. The number of nitrogens with one attached hydrogen (secondary N) is 2. The Kier molecular flexibility index (Phi) is 3.22. The fraction of sp³-hybridized carbons (Fsp3) is 0.700. The lowest BCUT2D eigenvalue weighted by molar-refractivity contribution is 0.357. The molecule has 1 aliphatic heterocycles. The van der Waals surface area contributed by atoms with Gasteiger partial charge in [0.05, 0.1) is 5.69 Å². The molecule has 80 valence electrons. The standard InChI is InChI=1S/C10H17N3.ClH/c1-7-4-9(13-12-7)8-5-11-6-10(8,2)3;/h4,8,11H,5-6H2,1-3H3,(H,12,13);1H. The molecule has 1 atom stereocenters. The molecule has 0 spiro atoms. The quantitative estimate of drug-likeness (QED) is 0.751. The van der Waals surface area contributed by atoms with E-state index < -0.39 is 0 Å². The summed E-state index contributed by atoms with van der Waals surface area (Å²) in [6, 6.07) is 2.15. The SMILES string of the molecule is Cc1cc(C2CNCC2(C)C)n[nH]1.Cl. The third kappa shape index (κ3) is 1.93. The third-order valence-electron chi connectivity index (χ3n) is 2.96. The summed E-state index contributed by atoms with van der Waals surface area (Å²) in [5, 5.41) is 10.8. The normalized spacial score (nSPS) is 24.6. The summed E-state index contributed by atoms with van der Waals surface area (Å²) in [7, 11) is 0. The summed E-state index contributed by atoms with van der Waals surface area (Å²) in [5.41, 5.74) is 2.69. The Morgan fingerprint density at radius 1 is 1.50 bits per heavy atom. The summed E-state index contributed by atoms with van der Waals surface area (Å²) < 4.78 is 0. The molecule has 1 saturated heterocycles. The molecule has 0 radical (unpaired) electrons. The van der Waals surface area contributed by atoms with Crippen LogP contribution in [-0.4, -0.2) is 23.3 Å². The van der Waals surface area contributed by atoms with Crippen molar-refractivity contribution in [2.24, 2.45) is 5.41 Å². The Morgan fingerprint density at radius 2 is 2.21 bits per heavy atom. The fourth-order valence-electron chi connectivity index (χ4n) is 2.06. The van der Waals surface area contributed by atoms with E-state index in [4.69, 9.17) is 0 Å². The monoisotopic (exact) mass is 215 g/mol. The summed E-state index contributed by atoms with van der Waals surface area (Å²) in [5.74, 6) is 0.553. The maximum Gasteiger partial charge on any atom is 0.0674 e. The number of hydrogen-bond donors (Lipinski definition) is 2. The van der Waals surface area contributed by atoms with Gasteiger partial charge in [-0.25, -0.2) is 0 Å². The Bertz CT molecular complexity index is 306. The molecule has 2 heterocycles. The largest absolute Gasteiger partial charge is 0.315 e. The van der Waals surface area contributed by atoms with Crippen LogP contribution >= 0.6 is 12.4 Å². The number of hydrogen-bond acceptors (Lipinski definition) is 2. The van der Waals surface area contributed by atoms with Crippen LogP contribution in [0.1, 0.15) is 31.2 Å². The van der Waals surface area contributed by atoms with Crippen LogP contribution in [0.25, 0.3) is 0 Å². The minimum atomic E-state index is 0. The zero-order valence-electron chi connectivity index (χ0n) is 8.92. The molecule has 0 saturated carbocycles. The van der Waals surface area contributed by atoms with Crippen LogP contribution in [0.4, 0.5) is 0 Å². The van der Waals surface area contributed by atoms with Crippen LogP contribution < -0.4 is 5.32 Å². The van der Waals surface area contributed by atoms with Crippen molar-refractivity contribution in [1.29, 1.82) is 0 Å². The van der Waals surface area contributed by atoms with Gasteiger partial charge in [-0.1, -0.05) is 13.8 Å². The summed E-state index contributed by atoms with van der Waals surface area (Å²) >= 11 is 0. The van der Waals surface area contributed by atoms with Gasteiger partial charge in [0, 0.05) is 24.7 Å². The maximum absolute atomic E-state index is 4.33. The first-order chi connectivity index (χ1) is 6.09. The lowest BCUT2D eigenvalue weighted by Gasteiger charge is -2.23. The molecular formula is C10H18ClN3. The van der Waals surface area contributed by atoms with Crippen molar-refractivity contribution in [1.82, 2.24) is 15.5 Å². The Hall–Kier alpha value is -0.540. The molecule has 1 aromatic rings. The average molecular weight is 216 g/mol. The highest BCUT2D eigenvalue weighted by molar-refractivity contribution is 5.85. The summed E-state index contributed by atoms with van der Waals surface area (Å²) in [6.07, 6.45) is 0. The van der Waals surface area contributed by atoms with Crippen LogP contribution in [0.3, 0.4) is 0 Å². The van der Waals surface area contributed by atoms with E-state index in [0.29, 0.717) is 11.3 Å². The zero-order chi connectivity index (χ0) is 9.47. The second kappa shape index (κ2) is 3.91. The second-order valence-electron chi connectivity index (χ2n) is 4.65. The van der Waals surface area contributed by atoms with Crippen LogP contribution in [-0.2, 0) is 0 Å². The Balaban J connectivity index is 0.000000980. The van der Waals surface area contributed by atoms with Crippen molar-refractivity contribution in [3.63, 3.8) is 0 Å². The first kappa shape index (κ1) is 11.5. The Labute approximate surface area is 91.1 Å². The van der Waals surface area contributed by atoms with Crippen molar-refractivity contribution < 1.29 is 0 Å². The molecule has 14 heavy (non-hydrogen) atoms. The highest BCUT2D eigenvalue weighted by atomic mass is 35.5. The number of H-pyrrole nitrogens is 1. The molecule has 2 rings (SSSR count). The van der Waals surface area contributed by atoms with Gasteiger partial charge in [0.2, 0.25) is 0 Å². The van der Waals surface area contributed by atoms with Gasteiger partial charge in [-0.3, -0.25) is 5.10 Å². The van der Waals surface area contributed by atoms with Crippen LogP contribution in [0.5, 0.6) is 0 Å². The molecule has 0 amide bonds. The fourth-order valence-corrected chi connectivity index (χ4v) is 2.06. The van der Waals surface area contributed by atoms with Crippen LogP contribution in [0.2, 0.25) is 0 Å². The van der Waals surface area contributed by atoms with Crippen molar-refractivity contribution >= 4 is 12.4 Å². The minimum absolute atomic E-state index is 0. The second-order valence-corrected chi connectivity index (χ2v) is 4.65. The van der Waals surface area contributed by atoms with E-state index in [1.807, 2.05) is 6.92 Å². The molecule has 0 aromatic carbocycles. The predicted octanol–water partition coefficient (Wildman–Crippen LogP) is 1.85. The molecule has 4 heteroatoms. The number of nitrogens with zero attached hydrogens (tertiary/aromatic N) is 1. The van der Waals surface area contributed by atoms with Gasteiger partial charge >= 0.3 is 0 Å². The first-order valence-corrected chi connectivity index (χ1v) is 4.82. The average Bonchev–Trinajstić information content (AvgIpc) is 2.56. The smallest absolute Gasteiger partial charge is 0.0674 e. The number of aryl methyl sites for hydroxylation is 1. The highest BCUT2D eigenvalue weighted by Gasteiger charge is 2.36. The topological polar surface area (TPSA) is 40.7 Å². The van der Waals surface area contributed by atoms with Gasteiger partial charge in [-0.05, 0) is 18.4 Å². The summed E-state index contributed by atoms with van der Waals surface area (Å²) in [6.45, 7) is 8.77. The molecule has 3 nitrogen and oxygen atoms in total. The van der Waals surface area contributed by atoms with Crippen LogP contribution in [0, 0.1) is 12.3 Å². The molecule has 1 fully saturated rings. The number of rotatable bonds is 1. The van der Waals surface area contributed by atoms with Crippen LogP contribution in [0.15, 0.2) is 6.07 Å². The molecule has 2 N–H and O–H groups in total. The molecule has 0 bridgehead atoms. The third-order valence-corrected chi connectivity index (χ3v) is 2.96. The van der Waals surface area contributed by atoms with E-state index in [1.54, 1.807) is 0 Å². The molecule has 0 aliphatic carbocycles. The Morgan fingerprint density at radius 3 is 2.64 bits per heavy atom. The highest BCUT2D eigenvalue weighted by Crippen LogP contribution is 2.37. The number of aromatic nitrogens is 2. The number of aromatic amines is 1. The summed E-state index contributed by atoms with van der Waals surface area (Å²) in [4.78, 5) is 0. The van der Waals surface area contributed by atoms with Crippen molar-refractivity contribution in [2.45, 2.75) is 26.7 Å². The minimum Gasteiger partial charge on any atom is -0.315 e. The van der Waals surface area contributed by atoms with Gasteiger partial charge in [0.1, 0.15) is 0 Å². The van der Waals surface area contributed by atoms with E-state index in [-0.39, 0.29) is 12.4 Å². The van der Waals surface area contributed by atoms with E-state index in [1.165, 1.54) is 5.69 Å². The van der Waals surface area contributed by atoms with Gasteiger partial charge in [0.15, 0.2) is 0 Å². The lowest BCUT2D eigenvalue weighted by Crippen LogP contribution is -2.20. The lowest BCUT2D eigenvalue weighted by atomic mass is 9.80. The first-order valence-electron chi connectivity index (χ1n) is 4.82. The molecule has 1 aromatic heterocycles. The predicted molar refractivity (Wildman–Crippen MR) is 60.0 cm³/mol. The van der Waals surface area contributed by atoms with E-state index in [0.717, 1.165) is 18.8 Å². The molecular weight excluding hydrogens is 198 g/mol. The van der Waals surface area contributed by atoms with Crippen molar-refractivity contribution in [3.05, 3.63) is 17.5 Å². The van der Waals surface area contributed by atoms with Crippen molar-refractivity contribution in [3.8, 4) is 0 Å². The maximum atomic E-state index is 4.33. The van der Waals surface area contributed by atoms with Gasteiger partial charge in [-0.15, -0.1) is 12.4 Å². The van der Waals surface area contributed by atoms with E-state index >= 15 is 0 Å². The van der Waals surface area contributed by atoms with E-state index in [9.17, 15) is 0 Å². The van der Waals surface area contributed by atoms with Gasteiger partial charge in [-0.2, -0.15) is 5.10 Å². The van der Waals surface area contributed by atoms with E-state index in [2.05, 4.69) is 35.4 Å². The van der Waals surface area contributed by atoms with Gasteiger partial charge in [0.25, 0.3) is 0 Å². The zero-order valence-corrected chi connectivity index (χ0v) is 9.74. The van der Waals surface area contributed by atoms with Crippen molar-refractivity contribution in [2.75, 3.05) is 13.1 Å². The molecule has 1 unspecified atom stereocenters.